The van der Waals surface area contributed by atoms with Crippen LogP contribution >= 0.6 is 0 Å². The van der Waals surface area contributed by atoms with E-state index >= 15 is 0 Å². The molecule has 1 unspecified atom stereocenters. The Morgan fingerprint density at radius 3 is 2.32 bits per heavy atom. The second-order valence-corrected chi connectivity index (χ2v) is 9.48. The van der Waals surface area contributed by atoms with Crippen LogP contribution in [0.25, 0.3) is 17.0 Å². The third kappa shape index (κ3) is 4.33. The number of ketones is 1. The molecule has 3 heterocycles. The Hall–Kier alpha value is -5.25. The minimum atomic E-state index is -0.709. The van der Waals surface area contributed by atoms with Crippen molar-refractivity contribution in [1.29, 1.82) is 0 Å². The molecule has 1 atom stereocenters. The van der Waals surface area contributed by atoms with Gasteiger partial charge >= 0.3 is 5.97 Å². The number of carbonyl (C=O) groups excluding carboxylic acids is 2. The van der Waals surface area contributed by atoms with Crippen LogP contribution in [-0.4, -0.2) is 45.2 Å². The largest absolute Gasteiger partial charge is 0.497 e. The third-order valence-electron chi connectivity index (χ3n) is 7.26. The number of nitrogens with one attached hydrogen (secondary N) is 1. The maximum atomic E-state index is 13.5. The Kier molecular flexibility index (Phi) is 6.37. The summed E-state index contributed by atoms with van der Waals surface area (Å²) in [5, 5.41) is 0.756. The van der Waals surface area contributed by atoms with Crippen LogP contribution < -0.4 is 34.0 Å². The van der Waals surface area contributed by atoms with Crippen molar-refractivity contribution in [2.24, 2.45) is 0 Å². The fourth-order valence-electron chi connectivity index (χ4n) is 5.26. The minimum absolute atomic E-state index is 0.0362. The zero-order valence-corrected chi connectivity index (χ0v) is 22.7. The lowest BCUT2D eigenvalue weighted by Crippen LogP contribution is -2.26. The van der Waals surface area contributed by atoms with Crippen LogP contribution in [0.5, 0.6) is 34.5 Å². The molecule has 0 amide bonds. The number of H-pyrrole nitrogens is 1. The van der Waals surface area contributed by atoms with Gasteiger partial charge < -0.3 is 33.4 Å². The first-order valence-corrected chi connectivity index (χ1v) is 12.7. The average Bonchev–Trinajstić information content (AvgIpc) is 3.30. The van der Waals surface area contributed by atoms with E-state index in [2.05, 4.69) is 4.98 Å². The van der Waals surface area contributed by atoms with Crippen molar-refractivity contribution < 1.29 is 38.0 Å². The summed E-state index contributed by atoms with van der Waals surface area (Å²) in [6, 6.07) is 13.5. The quantitative estimate of drug-likeness (QED) is 0.206. The number of Topliss-reactive ketones (excluding diaryl/α,β-unsaturated/α-hetero) is 1. The van der Waals surface area contributed by atoms with Gasteiger partial charge in [-0.2, -0.15) is 0 Å². The number of fused-ring (bicyclic) bond motifs is 4. The molecule has 0 saturated carbocycles. The highest BCUT2D eigenvalue weighted by Gasteiger charge is 2.39. The Labute approximate surface area is 234 Å². The van der Waals surface area contributed by atoms with Crippen molar-refractivity contribution in [3.63, 3.8) is 0 Å². The molecule has 208 valence electrons. The van der Waals surface area contributed by atoms with E-state index in [1.807, 2.05) is 6.07 Å². The Morgan fingerprint density at radius 2 is 1.59 bits per heavy atom. The molecule has 1 N–H and O–H groups in total. The molecule has 0 aliphatic carbocycles. The molecular formula is C31H25NO9. The molecule has 10 heteroatoms. The predicted octanol–water partition coefficient (Wildman–Crippen LogP) is 4.62. The summed E-state index contributed by atoms with van der Waals surface area (Å²) < 4.78 is 33.2. The predicted molar refractivity (Wildman–Crippen MR) is 149 cm³/mol. The van der Waals surface area contributed by atoms with Gasteiger partial charge in [-0.05, 0) is 47.9 Å². The van der Waals surface area contributed by atoms with Crippen LogP contribution in [0.2, 0.25) is 0 Å². The summed E-state index contributed by atoms with van der Waals surface area (Å²) in [5.41, 5.74) is 1.85. The molecule has 4 aromatic rings. The van der Waals surface area contributed by atoms with E-state index in [-0.39, 0.29) is 35.0 Å². The van der Waals surface area contributed by atoms with Gasteiger partial charge in [-0.3, -0.25) is 14.4 Å². The summed E-state index contributed by atoms with van der Waals surface area (Å²) in [5.74, 6) is 0.891. The van der Waals surface area contributed by atoms with Crippen LogP contribution in [-0.2, 0) is 4.79 Å². The normalized spacial score (nSPS) is 16.6. The number of rotatable bonds is 6. The first-order chi connectivity index (χ1) is 19.8. The minimum Gasteiger partial charge on any atom is -0.497 e. The second-order valence-electron chi connectivity index (χ2n) is 9.48. The molecule has 0 fully saturated rings. The average molecular weight is 556 g/mol. The number of benzene rings is 3. The monoisotopic (exact) mass is 555 g/mol. The Balaban J connectivity index is 1.47. The van der Waals surface area contributed by atoms with Gasteiger partial charge in [0, 0.05) is 34.7 Å². The standard InChI is InChI=1S/C31H25NO9/c1-36-17-6-5-15-9-20(31(35)32-21(15)12-17)19-13-27(33)40-22-8-7-18-29(34)26(41-30(18)28(19)22)11-16-10-24(38-3)25(39-4)14-23(16)37-2/h5-12,14,19H,13H2,1-4H3,(H,32,35)/b26-11-. The van der Waals surface area contributed by atoms with Crippen molar-refractivity contribution in [3.05, 3.63) is 86.9 Å². The lowest BCUT2D eigenvalue weighted by atomic mass is 9.85. The second kappa shape index (κ2) is 10.1. The zero-order valence-electron chi connectivity index (χ0n) is 22.7. The van der Waals surface area contributed by atoms with Crippen molar-refractivity contribution in [2.45, 2.75) is 12.3 Å². The number of pyridine rings is 1. The first kappa shape index (κ1) is 26.0. The SMILES string of the molecule is COc1ccc2cc(C3CC(=O)Oc4ccc5c(c43)O/C(=C\c3cc(OC)c(OC)cc3OC)C5=O)c(=O)[nH]c2c1. The number of esters is 1. The molecule has 6 rings (SSSR count). The van der Waals surface area contributed by atoms with Gasteiger partial charge in [0.05, 0.1) is 45.9 Å². The fraction of sp³-hybridized carbons (Fsp3) is 0.194. The topological polar surface area (TPSA) is 122 Å². The molecule has 0 saturated heterocycles. The van der Waals surface area contributed by atoms with E-state index in [1.165, 1.54) is 21.3 Å². The van der Waals surface area contributed by atoms with Gasteiger partial charge in [-0.25, -0.2) is 0 Å². The van der Waals surface area contributed by atoms with Crippen molar-refractivity contribution in [2.75, 3.05) is 28.4 Å². The third-order valence-corrected chi connectivity index (χ3v) is 7.26. The van der Waals surface area contributed by atoms with Crippen LogP contribution in [0.3, 0.4) is 0 Å². The number of hydrogen-bond donors (Lipinski definition) is 1. The number of hydrogen-bond acceptors (Lipinski definition) is 9. The van der Waals surface area contributed by atoms with E-state index in [4.69, 9.17) is 28.4 Å². The maximum Gasteiger partial charge on any atom is 0.312 e. The number of aromatic amines is 1. The summed E-state index contributed by atoms with van der Waals surface area (Å²) in [4.78, 5) is 42.3. The lowest BCUT2D eigenvalue weighted by molar-refractivity contribution is -0.135. The van der Waals surface area contributed by atoms with Gasteiger partial charge in [0.25, 0.3) is 5.56 Å². The number of carbonyl (C=O) groups is 2. The molecule has 41 heavy (non-hydrogen) atoms. The summed E-state index contributed by atoms with van der Waals surface area (Å²) in [6.45, 7) is 0. The van der Waals surface area contributed by atoms with Gasteiger partial charge in [0.15, 0.2) is 17.3 Å². The van der Waals surface area contributed by atoms with Crippen molar-refractivity contribution in [3.8, 4) is 34.5 Å². The Morgan fingerprint density at radius 1 is 0.829 bits per heavy atom. The maximum absolute atomic E-state index is 13.5. The van der Waals surface area contributed by atoms with Crippen molar-refractivity contribution >= 4 is 28.7 Å². The summed E-state index contributed by atoms with van der Waals surface area (Å²) in [6.07, 6.45) is 1.45. The molecule has 3 aromatic carbocycles. The summed E-state index contributed by atoms with van der Waals surface area (Å²) in [7, 11) is 6.07. The fourth-order valence-corrected chi connectivity index (χ4v) is 5.26. The molecule has 2 aliphatic heterocycles. The van der Waals surface area contributed by atoms with Crippen LogP contribution in [0, 0.1) is 0 Å². The molecule has 1 aromatic heterocycles. The van der Waals surface area contributed by atoms with Gasteiger partial charge in [-0.1, -0.05) is 0 Å². The van der Waals surface area contributed by atoms with E-state index < -0.39 is 11.9 Å². The van der Waals surface area contributed by atoms with Crippen LogP contribution in [0.4, 0.5) is 0 Å². The van der Waals surface area contributed by atoms with E-state index in [0.717, 1.165) is 5.39 Å². The molecular weight excluding hydrogens is 530 g/mol. The zero-order chi connectivity index (χ0) is 28.8. The summed E-state index contributed by atoms with van der Waals surface area (Å²) >= 11 is 0. The van der Waals surface area contributed by atoms with Gasteiger partial charge in [0.2, 0.25) is 5.78 Å². The number of ether oxygens (including phenoxy) is 6. The number of allylic oxidation sites excluding steroid dienone is 1. The van der Waals surface area contributed by atoms with Gasteiger partial charge in [-0.15, -0.1) is 0 Å². The van der Waals surface area contributed by atoms with Crippen LogP contribution in [0.15, 0.2) is 59.1 Å². The highest BCUT2D eigenvalue weighted by molar-refractivity contribution is 6.15. The molecule has 0 radical (unpaired) electrons. The highest BCUT2D eigenvalue weighted by atomic mass is 16.5. The molecule has 10 nitrogen and oxygen atoms in total. The number of aromatic nitrogens is 1. The smallest absolute Gasteiger partial charge is 0.312 e. The molecule has 2 aliphatic rings. The van der Waals surface area contributed by atoms with Crippen LogP contribution in [0.1, 0.15) is 39.4 Å². The molecule has 0 spiro atoms. The molecule has 0 bridgehead atoms. The van der Waals surface area contributed by atoms with E-state index in [9.17, 15) is 14.4 Å². The first-order valence-electron chi connectivity index (χ1n) is 12.7. The van der Waals surface area contributed by atoms with E-state index in [1.54, 1.807) is 55.7 Å². The lowest BCUT2D eigenvalue weighted by Gasteiger charge is -2.26. The van der Waals surface area contributed by atoms with Crippen molar-refractivity contribution in [1.82, 2.24) is 4.98 Å². The Bertz CT molecular complexity index is 1840. The number of methoxy groups -OCH3 is 4. The highest BCUT2D eigenvalue weighted by Crippen LogP contribution is 2.49. The van der Waals surface area contributed by atoms with E-state index in [0.29, 0.717) is 50.8 Å². The van der Waals surface area contributed by atoms with Gasteiger partial charge in [0.1, 0.15) is 23.0 Å².